The first-order valence-corrected chi connectivity index (χ1v) is 9.94. The number of carbonyl (C=O) groups is 1. The summed E-state index contributed by atoms with van der Waals surface area (Å²) in [5, 5.41) is 0. The molecule has 1 heterocycles. The second-order valence-corrected chi connectivity index (χ2v) is 7.57. The van der Waals surface area contributed by atoms with Crippen LogP contribution in [0, 0.1) is 6.92 Å². The maximum Gasteiger partial charge on any atom is 0.363 e. The summed E-state index contributed by atoms with van der Waals surface area (Å²) >= 11 is 3.42. The minimum Gasteiger partial charge on any atom is -0.488 e. The Morgan fingerprint density at radius 3 is 2.62 bits per heavy atom. The van der Waals surface area contributed by atoms with Crippen LogP contribution < -0.4 is 4.74 Å². The molecule has 0 aliphatic carbocycles. The summed E-state index contributed by atoms with van der Waals surface area (Å²) in [6.45, 7) is 2.49. The van der Waals surface area contributed by atoms with Gasteiger partial charge in [0.1, 0.15) is 12.4 Å². The third-order valence-electron chi connectivity index (χ3n) is 4.42. The highest BCUT2D eigenvalue weighted by atomic mass is 79.9. The van der Waals surface area contributed by atoms with Crippen molar-refractivity contribution in [3.63, 3.8) is 0 Å². The van der Waals surface area contributed by atoms with E-state index < -0.39 is 5.97 Å². The van der Waals surface area contributed by atoms with Crippen molar-refractivity contribution in [3.05, 3.63) is 105 Å². The lowest BCUT2D eigenvalue weighted by Crippen LogP contribution is -2.05. The van der Waals surface area contributed by atoms with Gasteiger partial charge in [-0.05, 0) is 42.8 Å². The maximum atomic E-state index is 12.3. The second kappa shape index (κ2) is 8.45. The van der Waals surface area contributed by atoms with E-state index in [9.17, 15) is 4.79 Å². The third kappa shape index (κ3) is 4.63. The molecule has 4 rings (SSSR count). The minimum absolute atomic E-state index is 0.242. The summed E-state index contributed by atoms with van der Waals surface area (Å²) in [7, 11) is 0. The Morgan fingerprint density at radius 1 is 1.03 bits per heavy atom. The lowest BCUT2D eigenvalue weighted by molar-refractivity contribution is -0.129. The van der Waals surface area contributed by atoms with Gasteiger partial charge in [-0.15, -0.1) is 0 Å². The van der Waals surface area contributed by atoms with Gasteiger partial charge in [0, 0.05) is 15.6 Å². The number of para-hydroxylation sites is 1. The minimum atomic E-state index is -0.478. The number of ether oxygens (including phenoxy) is 2. The average Bonchev–Trinajstić information content (AvgIpc) is 3.09. The fraction of sp³-hybridized carbons (Fsp3) is 0.0833. The van der Waals surface area contributed by atoms with E-state index >= 15 is 0 Å². The van der Waals surface area contributed by atoms with Gasteiger partial charge in [0.15, 0.2) is 5.70 Å². The van der Waals surface area contributed by atoms with Crippen LogP contribution in [0.15, 0.2) is 88.0 Å². The normalized spacial score (nSPS) is 14.6. The number of nitrogens with zero attached hydrogens (tertiary/aromatic N) is 1. The third-order valence-corrected chi connectivity index (χ3v) is 4.91. The fourth-order valence-corrected chi connectivity index (χ4v) is 3.28. The molecule has 1 aliphatic rings. The lowest BCUT2D eigenvalue weighted by atomic mass is 10.1. The van der Waals surface area contributed by atoms with E-state index in [1.807, 2.05) is 60.7 Å². The summed E-state index contributed by atoms with van der Waals surface area (Å²) in [6, 6.07) is 23.2. The van der Waals surface area contributed by atoms with Crippen molar-refractivity contribution in [1.82, 2.24) is 0 Å². The van der Waals surface area contributed by atoms with Crippen LogP contribution in [0.1, 0.15) is 22.3 Å². The Labute approximate surface area is 177 Å². The number of hydrogen-bond acceptors (Lipinski definition) is 4. The molecular weight excluding hydrogens is 430 g/mol. The molecule has 0 fully saturated rings. The van der Waals surface area contributed by atoms with Gasteiger partial charge in [-0.2, -0.15) is 0 Å². The summed E-state index contributed by atoms with van der Waals surface area (Å²) < 4.78 is 12.2. The molecule has 0 saturated heterocycles. The zero-order valence-electron chi connectivity index (χ0n) is 15.8. The Balaban J connectivity index is 1.57. The van der Waals surface area contributed by atoms with Crippen molar-refractivity contribution in [1.29, 1.82) is 0 Å². The number of carbonyl (C=O) groups excluding carboxylic acids is 1. The largest absolute Gasteiger partial charge is 0.488 e. The highest BCUT2D eigenvalue weighted by Crippen LogP contribution is 2.26. The summed E-state index contributed by atoms with van der Waals surface area (Å²) in [4.78, 5) is 16.7. The van der Waals surface area contributed by atoms with E-state index in [0.717, 1.165) is 21.2 Å². The van der Waals surface area contributed by atoms with Gasteiger partial charge in [0.25, 0.3) is 0 Å². The van der Waals surface area contributed by atoms with Gasteiger partial charge >= 0.3 is 5.97 Å². The zero-order valence-corrected chi connectivity index (χ0v) is 17.3. The van der Waals surface area contributed by atoms with Crippen LogP contribution in [-0.2, 0) is 16.1 Å². The Hall–Kier alpha value is -3.18. The molecule has 0 N–H and O–H groups in total. The van der Waals surface area contributed by atoms with E-state index in [1.165, 1.54) is 5.56 Å². The molecule has 0 unspecified atom stereocenters. The molecule has 4 nitrogen and oxygen atoms in total. The first-order chi connectivity index (χ1) is 14.1. The molecule has 0 amide bonds. The first kappa shape index (κ1) is 19.2. The molecule has 1 aliphatic heterocycles. The van der Waals surface area contributed by atoms with E-state index in [1.54, 1.807) is 6.08 Å². The van der Waals surface area contributed by atoms with Gasteiger partial charge < -0.3 is 9.47 Å². The smallest absolute Gasteiger partial charge is 0.363 e. The topological polar surface area (TPSA) is 47.9 Å². The van der Waals surface area contributed by atoms with Crippen LogP contribution in [-0.4, -0.2) is 11.9 Å². The molecule has 0 atom stereocenters. The molecule has 0 saturated carbocycles. The van der Waals surface area contributed by atoms with Gasteiger partial charge in [-0.1, -0.05) is 70.0 Å². The zero-order chi connectivity index (χ0) is 20.2. The van der Waals surface area contributed by atoms with Crippen LogP contribution in [0.25, 0.3) is 6.08 Å². The van der Waals surface area contributed by atoms with E-state index in [0.29, 0.717) is 18.3 Å². The first-order valence-electron chi connectivity index (χ1n) is 9.14. The summed E-state index contributed by atoms with van der Waals surface area (Å²) in [6.07, 6.45) is 1.69. The number of cyclic esters (lactones) is 1. The van der Waals surface area contributed by atoms with Crippen molar-refractivity contribution >= 4 is 33.9 Å². The van der Waals surface area contributed by atoms with Crippen molar-refractivity contribution in [2.45, 2.75) is 13.5 Å². The summed E-state index contributed by atoms with van der Waals surface area (Å²) in [5.74, 6) is 0.494. The highest BCUT2D eigenvalue weighted by molar-refractivity contribution is 9.10. The molecule has 5 heteroatoms. The SMILES string of the molecule is Cc1ccc(COc2ccccc2/C=C2\N=C(c3cccc(Br)c3)OC2=O)cc1. The van der Waals surface area contributed by atoms with E-state index in [-0.39, 0.29) is 5.70 Å². The predicted octanol–water partition coefficient (Wildman–Crippen LogP) is 5.68. The van der Waals surface area contributed by atoms with E-state index in [4.69, 9.17) is 9.47 Å². The number of esters is 1. The van der Waals surface area contributed by atoms with Crippen molar-refractivity contribution in [2.75, 3.05) is 0 Å². The molecular formula is C24H18BrNO3. The van der Waals surface area contributed by atoms with Crippen LogP contribution in [0.5, 0.6) is 5.75 Å². The van der Waals surface area contributed by atoms with Crippen molar-refractivity contribution in [3.8, 4) is 5.75 Å². The number of rotatable bonds is 5. The molecule has 0 spiro atoms. The predicted molar refractivity (Wildman–Crippen MR) is 117 cm³/mol. The van der Waals surface area contributed by atoms with Gasteiger partial charge in [0.2, 0.25) is 5.90 Å². The molecule has 0 bridgehead atoms. The lowest BCUT2D eigenvalue weighted by Gasteiger charge is -2.09. The fourth-order valence-electron chi connectivity index (χ4n) is 2.88. The molecule has 144 valence electrons. The van der Waals surface area contributed by atoms with E-state index in [2.05, 4.69) is 40.0 Å². The van der Waals surface area contributed by atoms with Gasteiger partial charge in [-0.3, -0.25) is 0 Å². The average molecular weight is 448 g/mol. The van der Waals surface area contributed by atoms with Gasteiger partial charge in [-0.25, -0.2) is 9.79 Å². The van der Waals surface area contributed by atoms with Crippen LogP contribution in [0.4, 0.5) is 0 Å². The molecule has 29 heavy (non-hydrogen) atoms. The van der Waals surface area contributed by atoms with Crippen molar-refractivity contribution < 1.29 is 14.3 Å². The number of aryl methyl sites for hydroxylation is 1. The number of aliphatic imine (C=N–C) groups is 1. The molecule has 3 aromatic rings. The number of halogens is 1. The Bertz CT molecular complexity index is 1120. The quantitative estimate of drug-likeness (QED) is 0.373. The molecule has 3 aromatic carbocycles. The monoisotopic (exact) mass is 447 g/mol. The maximum absolute atomic E-state index is 12.3. The standard InChI is InChI=1S/C24H18BrNO3/c1-16-9-11-17(12-10-16)15-28-22-8-3-2-5-18(22)14-21-24(27)29-23(26-21)19-6-4-7-20(25)13-19/h2-14H,15H2,1H3/b21-14-. The Morgan fingerprint density at radius 2 is 1.83 bits per heavy atom. The Kier molecular flexibility index (Phi) is 5.58. The molecule has 0 aromatic heterocycles. The second-order valence-electron chi connectivity index (χ2n) is 6.66. The number of benzene rings is 3. The van der Waals surface area contributed by atoms with Gasteiger partial charge in [0.05, 0.1) is 0 Å². The van der Waals surface area contributed by atoms with Crippen LogP contribution in [0.3, 0.4) is 0 Å². The number of hydrogen-bond donors (Lipinski definition) is 0. The highest BCUT2D eigenvalue weighted by Gasteiger charge is 2.24. The van der Waals surface area contributed by atoms with Crippen LogP contribution >= 0.6 is 15.9 Å². The van der Waals surface area contributed by atoms with Crippen LogP contribution in [0.2, 0.25) is 0 Å². The van der Waals surface area contributed by atoms with Crippen molar-refractivity contribution in [2.24, 2.45) is 4.99 Å². The molecule has 0 radical (unpaired) electrons. The summed E-state index contributed by atoms with van der Waals surface area (Å²) in [5.41, 5.74) is 4.03.